The van der Waals surface area contributed by atoms with Crippen molar-refractivity contribution < 1.29 is 58.0 Å². The average Bonchev–Trinajstić information content (AvgIpc) is 2.98. The molecule has 0 saturated heterocycles. The minimum Gasteiger partial charge on any atom is -0.462 e. The van der Waals surface area contributed by atoms with E-state index in [0.29, 0.717) is 0 Å². The number of aliphatic hydroxyl groups is 2. The maximum atomic E-state index is 12.8. The van der Waals surface area contributed by atoms with Crippen LogP contribution in [0.15, 0.2) is 0 Å². The molecule has 0 spiro atoms. The monoisotopic (exact) mass is 762 g/mol. The summed E-state index contributed by atoms with van der Waals surface area (Å²) in [5.41, 5.74) is 5.98. The molecule has 0 rings (SSSR count). The smallest absolute Gasteiger partial charge is 0.305 e. The third kappa shape index (κ3) is 34.3. The lowest BCUT2D eigenvalue weighted by Gasteiger charge is -2.20. The second-order valence-corrected chi connectivity index (χ2v) is 11.2. The van der Waals surface area contributed by atoms with Crippen molar-refractivity contribution in [3.05, 3.63) is 0 Å². The molecule has 0 saturated carbocycles. The van der Waals surface area contributed by atoms with Gasteiger partial charge in [-0.05, 0) is 13.3 Å². The Kier molecular flexibility index (Phi) is 57.6. The molecule has 0 fully saturated rings. The van der Waals surface area contributed by atoms with Gasteiger partial charge in [0.1, 0.15) is 36.7 Å². The molecule has 0 bridgehead atoms. The van der Waals surface area contributed by atoms with Gasteiger partial charge in [0.15, 0.2) is 11.6 Å². The van der Waals surface area contributed by atoms with E-state index in [1.54, 1.807) is 13.8 Å². The first kappa shape index (κ1) is 70.1. The van der Waals surface area contributed by atoms with Gasteiger partial charge in [0.2, 0.25) is 0 Å². The quantitative estimate of drug-likeness (QED) is 0.0662. The van der Waals surface area contributed by atoms with Gasteiger partial charge in [-0.2, -0.15) is 11.8 Å². The van der Waals surface area contributed by atoms with Crippen LogP contribution in [-0.4, -0.2) is 108 Å². The number of carbonyl (C=O) groups is 7. The number of rotatable bonds is 27. The van der Waals surface area contributed by atoms with Crippen LogP contribution in [0.2, 0.25) is 0 Å². The molecule has 4 N–H and O–H groups in total. The van der Waals surface area contributed by atoms with E-state index in [-0.39, 0.29) is 159 Å². The van der Waals surface area contributed by atoms with Crippen LogP contribution >= 0.6 is 11.8 Å². The Balaban J connectivity index is -0.000000315. The molecule has 0 aliphatic heterocycles. The number of ketones is 5. The standard InChI is InChI=1S/C29H47NO12S.8CH4/c1-4-28(38)41-16-23(42-29(39)5-2)17-43-18-24(30)27(37)12-21(14-32)26(36)11-20(13-31)25(35)7-6-10-40-15-22(34)9-8-19(3)33;;;;;;;;/h20-21,23-24,31-32H,4-18,30H2,1-3H3;8*1H4. The summed E-state index contributed by atoms with van der Waals surface area (Å²) < 4.78 is 15.5. The van der Waals surface area contributed by atoms with Crippen LogP contribution in [-0.2, 0) is 47.8 Å². The van der Waals surface area contributed by atoms with E-state index in [1.165, 1.54) is 18.7 Å². The third-order valence-electron chi connectivity index (χ3n) is 6.30. The van der Waals surface area contributed by atoms with Gasteiger partial charge in [-0.3, -0.25) is 28.8 Å². The van der Waals surface area contributed by atoms with Crippen LogP contribution in [0.3, 0.4) is 0 Å². The predicted molar refractivity (Wildman–Crippen MR) is 211 cm³/mol. The van der Waals surface area contributed by atoms with Crippen molar-refractivity contribution in [2.75, 3.05) is 44.5 Å². The Morgan fingerprint density at radius 2 is 1.20 bits per heavy atom. The van der Waals surface area contributed by atoms with Gasteiger partial charge in [-0.25, -0.2) is 0 Å². The van der Waals surface area contributed by atoms with Crippen LogP contribution in [0, 0.1) is 11.8 Å². The molecule has 0 aliphatic rings. The van der Waals surface area contributed by atoms with Crippen molar-refractivity contribution >= 4 is 52.6 Å². The summed E-state index contributed by atoms with van der Waals surface area (Å²) >= 11 is 1.20. The summed E-state index contributed by atoms with van der Waals surface area (Å²) in [5, 5.41) is 19.4. The molecule has 0 amide bonds. The number of hydrogen-bond acceptors (Lipinski definition) is 14. The molecule has 14 heteroatoms. The number of aliphatic hydroxyl groups excluding tert-OH is 2. The van der Waals surface area contributed by atoms with Crippen molar-refractivity contribution in [3.63, 3.8) is 0 Å². The average molecular weight is 762 g/mol. The predicted octanol–water partition coefficient (Wildman–Crippen LogP) is 5.85. The number of Topliss-reactive ketones (excluding diaryl/α,β-unsaturated/α-hetero) is 5. The molecule has 0 heterocycles. The van der Waals surface area contributed by atoms with E-state index in [1.807, 2.05) is 0 Å². The number of thioether (sulfide) groups is 1. The summed E-state index contributed by atoms with van der Waals surface area (Å²) in [4.78, 5) is 83.5. The first-order chi connectivity index (χ1) is 20.4. The molecular weight excluding hydrogens is 682 g/mol. The molecule has 0 aromatic carbocycles. The van der Waals surface area contributed by atoms with Crippen molar-refractivity contribution in [2.24, 2.45) is 17.6 Å². The maximum absolute atomic E-state index is 12.8. The molecule has 310 valence electrons. The molecule has 0 radical (unpaired) electrons. The van der Waals surface area contributed by atoms with Crippen molar-refractivity contribution in [2.45, 2.75) is 144 Å². The fourth-order valence-corrected chi connectivity index (χ4v) is 4.59. The molecule has 0 aromatic heterocycles. The Morgan fingerprint density at radius 3 is 1.69 bits per heavy atom. The highest BCUT2D eigenvalue weighted by Crippen LogP contribution is 2.17. The van der Waals surface area contributed by atoms with Crippen LogP contribution in [0.5, 0.6) is 0 Å². The number of carbonyl (C=O) groups excluding carboxylic acids is 7. The minimum atomic E-state index is -1.10. The van der Waals surface area contributed by atoms with E-state index in [2.05, 4.69) is 0 Å². The van der Waals surface area contributed by atoms with Crippen molar-refractivity contribution in [1.82, 2.24) is 0 Å². The zero-order valence-corrected chi connectivity index (χ0v) is 26.2. The zero-order valence-electron chi connectivity index (χ0n) is 25.4. The molecular formula is C37H79NO12S. The van der Waals surface area contributed by atoms with E-state index in [4.69, 9.17) is 19.9 Å². The summed E-state index contributed by atoms with van der Waals surface area (Å²) in [5.74, 6) is -4.43. The normalized spacial score (nSPS) is 11.6. The highest BCUT2D eigenvalue weighted by molar-refractivity contribution is 7.99. The van der Waals surface area contributed by atoms with Crippen LogP contribution in [0.25, 0.3) is 0 Å². The first-order valence-corrected chi connectivity index (χ1v) is 15.6. The lowest BCUT2D eigenvalue weighted by Crippen LogP contribution is -2.37. The second-order valence-electron chi connectivity index (χ2n) is 10.1. The maximum Gasteiger partial charge on any atom is 0.305 e. The van der Waals surface area contributed by atoms with Gasteiger partial charge in [0.25, 0.3) is 0 Å². The second kappa shape index (κ2) is 41.9. The molecule has 4 unspecified atom stereocenters. The van der Waals surface area contributed by atoms with Gasteiger partial charge in [0.05, 0.1) is 19.3 Å². The van der Waals surface area contributed by atoms with Crippen molar-refractivity contribution in [1.29, 1.82) is 0 Å². The van der Waals surface area contributed by atoms with Crippen LogP contribution in [0.4, 0.5) is 0 Å². The van der Waals surface area contributed by atoms with Gasteiger partial charge in [-0.1, -0.05) is 73.3 Å². The largest absolute Gasteiger partial charge is 0.462 e. The van der Waals surface area contributed by atoms with E-state index in [9.17, 15) is 43.8 Å². The summed E-state index contributed by atoms with van der Waals surface area (Å²) in [6.07, 6.45) is -0.621. The Morgan fingerprint density at radius 1 is 0.686 bits per heavy atom. The van der Waals surface area contributed by atoms with Gasteiger partial charge < -0.3 is 35.0 Å². The Labute approximate surface area is 315 Å². The number of ether oxygens (including phenoxy) is 3. The lowest BCUT2D eigenvalue weighted by atomic mass is 9.88. The highest BCUT2D eigenvalue weighted by Gasteiger charge is 2.29. The number of hydrogen-bond donors (Lipinski definition) is 3. The fraction of sp³-hybridized carbons (Fsp3) is 0.811. The Bertz CT molecular complexity index is 929. The molecule has 0 aliphatic carbocycles. The van der Waals surface area contributed by atoms with Gasteiger partial charge >= 0.3 is 11.9 Å². The molecule has 0 aromatic rings. The minimum absolute atomic E-state index is 0. The van der Waals surface area contributed by atoms with Gasteiger partial charge in [0, 0.05) is 74.9 Å². The zero-order chi connectivity index (χ0) is 32.8. The van der Waals surface area contributed by atoms with E-state index < -0.39 is 60.7 Å². The topological polar surface area (TPSA) is 214 Å². The summed E-state index contributed by atoms with van der Waals surface area (Å²) in [7, 11) is 0. The summed E-state index contributed by atoms with van der Waals surface area (Å²) in [6, 6.07) is -0.989. The van der Waals surface area contributed by atoms with Gasteiger partial charge in [-0.15, -0.1) is 0 Å². The third-order valence-corrected chi connectivity index (χ3v) is 7.50. The van der Waals surface area contributed by atoms with E-state index >= 15 is 0 Å². The number of nitrogens with two attached hydrogens (primary N) is 1. The lowest BCUT2D eigenvalue weighted by molar-refractivity contribution is -0.157. The van der Waals surface area contributed by atoms with Crippen LogP contribution in [0.1, 0.15) is 132 Å². The van der Waals surface area contributed by atoms with E-state index in [0.717, 1.165) is 0 Å². The van der Waals surface area contributed by atoms with Crippen molar-refractivity contribution in [3.8, 4) is 0 Å². The molecule has 51 heavy (non-hydrogen) atoms. The fourth-order valence-electron chi connectivity index (χ4n) is 3.58. The first-order valence-electron chi connectivity index (χ1n) is 14.4. The molecule has 4 atom stereocenters. The SMILES string of the molecule is C.C.C.C.C.C.C.C.CCC(=O)OCC(CSCC(N)C(=O)CC(CO)C(=O)CC(CO)C(=O)CCCOCC(=O)CCC(C)=O)OC(=O)CC. The highest BCUT2D eigenvalue weighted by atomic mass is 32.2. The van der Waals surface area contributed by atoms with Crippen LogP contribution < -0.4 is 5.73 Å². The summed E-state index contributed by atoms with van der Waals surface area (Å²) in [6.45, 7) is 3.23. The number of esters is 2. The Hall–Kier alpha value is -2.52. The molecule has 13 nitrogen and oxygen atoms in total.